The monoisotopic (exact) mass is 311 g/mol. The first-order valence-electron chi connectivity index (χ1n) is 7.89. The average molecular weight is 311 g/mol. The van der Waals surface area contributed by atoms with Crippen molar-refractivity contribution in [3.63, 3.8) is 0 Å². The highest BCUT2D eigenvalue weighted by molar-refractivity contribution is 7.10. The van der Waals surface area contributed by atoms with Crippen LogP contribution in [0.25, 0.3) is 0 Å². The highest BCUT2D eigenvalue weighted by Crippen LogP contribution is 2.29. The Hall–Kier alpha value is -1.87. The van der Waals surface area contributed by atoms with E-state index in [4.69, 9.17) is 0 Å². The second-order valence-corrected chi connectivity index (χ2v) is 6.65. The molecule has 22 heavy (non-hydrogen) atoms. The van der Waals surface area contributed by atoms with Crippen LogP contribution in [0.1, 0.15) is 35.6 Å². The summed E-state index contributed by atoms with van der Waals surface area (Å²) in [6.45, 7) is 2.14. The van der Waals surface area contributed by atoms with E-state index in [0.29, 0.717) is 0 Å². The fraction of sp³-hybridized carbons (Fsp3) is 0.316. The molecule has 1 saturated heterocycles. The number of allylic oxidation sites excluding steroid dienone is 1. The number of piperidine rings is 1. The van der Waals surface area contributed by atoms with Gasteiger partial charge in [-0.3, -0.25) is 4.79 Å². The number of thiophene rings is 1. The van der Waals surface area contributed by atoms with Gasteiger partial charge in [0.2, 0.25) is 0 Å². The van der Waals surface area contributed by atoms with Crippen molar-refractivity contribution in [2.75, 3.05) is 13.1 Å². The van der Waals surface area contributed by atoms with Crippen molar-refractivity contribution >= 4 is 17.1 Å². The van der Waals surface area contributed by atoms with E-state index in [-0.39, 0.29) is 11.7 Å². The maximum Gasteiger partial charge on any atom is 0.169 e. The molecule has 3 rings (SSSR count). The van der Waals surface area contributed by atoms with E-state index in [2.05, 4.69) is 11.0 Å². The first-order valence-corrected chi connectivity index (χ1v) is 8.77. The number of likely N-dealkylation sites (tertiary alicyclic amines) is 1. The SMILES string of the molecule is O=C(/C=C/N1CCCCC1)C(c1ccccc1)c1cccs1. The summed E-state index contributed by atoms with van der Waals surface area (Å²) >= 11 is 1.65. The molecule has 0 radical (unpaired) electrons. The Balaban J connectivity index is 1.80. The summed E-state index contributed by atoms with van der Waals surface area (Å²) < 4.78 is 0. The molecule has 1 aliphatic heterocycles. The van der Waals surface area contributed by atoms with Crippen LogP contribution in [-0.4, -0.2) is 23.8 Å². The van der Waals surface area contributed by atoms with Crippen LogP contribution < -0.4 is 0 Å². The van der Waals surface area contributed by atoms with Crippen LogP contribution in [0.15, 0.2) is 60.1 Å². The summed E-state index contributed by atoms with van der Waals surface area (Å²) in [5.74, 6) is -0.0125. The Labute approximate surface area is 136 Å². The van der Waals surface area contributed by atoms with Gasteiger partial charge in [-0.05, 0) is 42.3 Å². The van der Waals surface area contributed by atoms with E-state index >= 15 is 0 Å². The summed E-state index contributed by atoms with van der Waals surface area (Å²) in [5.41, 5.74) is 1.07. The zero-order chi connectivity index (χ0) is 15.2. The standard InChI is InChI=1S/C19H21NOS/c21-17(11-14-20-12-5-2-6-13-20)19(18-10-7-15-22-18)16-8-3-1-4-9-16/h1,3-4,7-11,14-15,19H,2,5-6,12-13H2/b14-11+. The van der Waals surface area contributed by atoms with Gasteiger partial charge >= 0.3 is 0 Å². The molecule has 1 aromatic heterocycles. The van der Waals surface area contributed by atoms with E-state index < -0.39 is 0 Å². The van der Waals surface area contributed by atoms with Gasteiger partial charge in [0, 0.05) is 24.2 Å². The second kappa shape index (κ2) is 7.41. The van der Waals surface area contributed by atoms with Gasteiger partial charge in [-0.25, -0.2) is 0 Å². The first-order chi connectivity index (χ1) is 10.8. The van der Waals surface area contributed by atoms with Gasteiger partial charge in [-0.1, -0.05) is 36.4 Å². The molecule has 1 fully saturated rings. The summed E-state index contributed by atoms with van der Waals surface area (Å²) in [7, 11) is 0. The summed E-state index contributed by atoms with van der Waals surface area (Å²) in [4.78, 5) is 16.2. The van der Waals surface area contributed by atoms with Gasteiger partial charge in [0.1, 0.15) is 0 Å². The molecule has 1 unspecified atom stereocenters. The molecule has 0 N–H and O–H groups in total. The maximum absolute atomic E-state index is 12.8. The van der Waals surface area contributed by atoms with Crippen molar-refractivity contribution in [1.82, 2.24) is 4.90 Å². The fourth-order valence-electron chi connectivity index (χ4n) is 2.91. The van der Waals surface area contributed by atoms with Crippen molar-refractivity contribution < 1.29 is 4.79 Å². The molecule has 0 amide bonds. The maximum atomic E-state index is 12.8. The summed E-state index contributed by atoms with van der Waals surface area (Å²) in [5, 5.41) is 2.03. The number of carbonyl (C=O) groups is 1. The Morgan fingerprint density at radius 3 is 2.50 bits per heavy atom. The molecule has 1 atom stereocenters. The molecule has 2 aromatic rings. The minimum atomic E-state index is -0.178. The number of ketones is 1. The van der Waals surface area contributed by atoms with Gasteiger partial charge in [0.25, 0.3) is 0 Å². The van der Waals surface area contributed by atoms with E-state index in [0.717, 1.165) is 23.5 Å². The minimum absolute atomic E-state index is 0.166. The Morgan fingerprint density at radius 2 is 1.82 bits per heavy atom. The third-order valence-corrected chi connectivity index (χ3v) is 5.02. The largest absolute Gasteiger partial charge is 0.377 e. The molecular weight excluding hydrogens is 290 g/mol. The molecule has 1 aliphatic rings. The molecule has 0 aliphatic carbocycles. The van der Waals surface area contributed by atoms with Crippen molar-refractivity contribution in [3.8, 4) is 0 Å². The van der Waals surface area contributed by atoms with Crippen LogP contribution in [-0.2, 0) is 4.79 Å². The minimum Gasteiger partial charge on any atom is -0.377 e. The Morgan fingerprint density at radius 1 is 1.05 bits per heavy atom. The smallest absolute Gasteiger partial charge is 0.169 e. The van der Waals surface area contributed by atoms with E-state index in [1.807, 2.05) is 48.0 Å². The Bertz CT molecular complexity index is 612. The second-order valence-electron chi connectivity index (χ2n) is 5.67. The molecule has 1 aromatic carbocycles. The van der Waals surface area contributed by atoms with Gasteiger partial charge in [0.15, 0.2) is 5.78 Å². The number of rotatable bonds is 5. The van der Waals surface area contributed by atoms with Gasteiger partial charge in [-0.2, -0.15) is 0 Å². The normalized spacial score (nSPS) is 16.8. The first kappa shape index (κ1) is 15.0. The van der Waals surface area contributed by atoms with Crippen molar-refractivity contribution in [3.05, 3.63) is 70.6 Å². The van der Waals surface area contributed by atoms with Crippen LogP contribution >= 0.6 is 11.3 Å². The van der Waals surface area contributed by atoms with Crippen LogP contribution in [0.2, 0.25) is 0 Å². The van der Waals surface area contributed by atoms with E-state index in [1.54, 1.807) is 17.4 Å². The Kier molecular flexibility index (Phi) is 5.07. The average Bonchev–Trinajstić information content (AvgIpc) is 3.09. The van der Waals surface area contributed by atoms with Crippen LogP contribution in [0, 0.1) is 0 Å². The van der Waals surface area contributed by atoms with Crippen molar-refractivity contribution in [1.29, 1.82) is 0 Å². The quantitative estimate of drug-likeness (QED) is 0.760. The van der Waals surface area contributed by atoms with Gasteiger partial charge in [0.05, 0.1) is 5.92 Å². The lowest BCUT2D eigenvalue weighted by molar-refractivity contribution is -0.115. The lowest BCUT2D eigenvalue weighted by Gasteiger charge is -2.24. The number of carbonyl (C=O) groups excluding carboxylic acids is 1. The molecular formula is C19H21NOS. The van der Waals surface area contributed by atoms with Crippen LogP contribution in [0.4, 0.5) is 0 Å². The van der Waals surface area contributed by atoms with Crippen LogP contribution in [0.3, 0.4) is 0 Å². The van der Waals surface area contributed by atoms with Crippen molar-refractivity contribution in [2.24, 2.45) is 0 Å². The van der Waals surface area contributed by atoms with E-state index in [1.165, 1.54) is 19.3 Å². The van der Waals surface area contributed by atoms with Gasteiger partial charge < -0.3 is 4.90 Å². The topological polar surface area (TPSA) is 20.3 Å². The zero-order valence-electron chi connectivity index (χ0n) is 12.7. The highest BCUT2D eigenvalue weighted by atomic mass is 32.1. The predicted molar refractivity (Wildman–Crippen MR) is 92.2 cm³/mol. The van der Waals surface area contributed by atoms with Crippen LogP contribution in [0.5, 0.6) is 0 Å². The molecule has 2 heterocycles. The molecule has 2 nitrogen and oxygen atoms in total. The fourth-order valence-corrected chi connectivity index (χ4v) is 3.77. The molecule has 0 bridgehead atoms. The number of benzene rings is 1. The number of hydrogen-bond acceptors (Lipinski definition) is 3. The summed E-state index contributed by atoms with van der Waals surface area (Å²) in [6.07, 6.45) is 7.52. The number of hydrogen-bond donors (Lipinski definition) is 0. The van der Waals surface area contributed by atoms with Gasteiger partial charge in [-0.15, -0.1) is 11.3 Å². The highest BCUT2D eigenvalue weighted by Gasteiger charge is 2.21. The summed E-state index contributed by atoms with van der Waals surface area (Å²) in [6, 6.07) is 14.1. The predicted octanol–water partition coefficient (Wildman–Crippen LogP) is 4.45. The molecule has 0 saturated carbocycles. The third kappa shape index (κ3) is 3.66. The van der Waals surface area contributed by atoms with E-state index in [9.17, 15) is 4.79 Å². The number of nitrogens with zero attached hydrogens (tertiary/aromatic N) is 1. The molecule has 3 heteroatoms. The lowest BCUT2D eigenvalue weighted by Crippen LogP contribution is -2.24. The zero-order valence-corrected chi connectivity index (χ0v) is 13.5. The van der Waals surface area contributed by atoms with Crippen molar-refractivity contribution in [2.45, 2.75) is 25.2 Å². The third-order valence-electron chi connectivity index (χ3n) is 4.09. The lowest BCUT2D eigenvalue weighted by atomic mass is 9.93. The molecule has 114 valence electrons. The molecule has 0 spiro atoms.